The molecule has 0 aliphatic carbocycles. The van der Waals surface area contributed by atoms with Crippen LogP contribution in [0.1, 0.15) is 35.8 Å². The fraction of sp³-hybridized carbons (Fsp3) is 0.267. The third-order valence-electron chi connectivity index (χ3n) is 3.43. The van der Waals surface area contributed by atoms with Crippen molar-refractivity contribution in [3.63, 3.8) is 0 Å². The van der Waals surface area contributed by atoms with Gasteiger partial charge in [0.2, 0.25) is 0 Å². The van der Waals surface area contributed by atoms with E-state index in [1.165, 1.54) is 0 Å². The van der Waals surface area contributed by atoms with Gasteiger partial charge in [-0.15, -0.1) is 0 Å². The van der Waals surface area contributed by atoms with Crippen LogP contribution < -0.4 is 11.0 Å². The molecule has 1 aromatic carbocycles. The predicted molar refractivity (Wildman–Crippen MR) is 82.7 cm³/mol. The average Bonchev–Trinajstić information content (AvgIpc) is 3.09. The molecule has 0 fully saturated rings. The van der Waals surface area contributed by atoms with Gasteiger partial charge in [-0.3, -0.25) is 9.48 Å². The Bertz CT molecular complexity index is 871. The van der Waals surface area contributed by atoms with Crippen molar-refractivity contribution in [2.24, 2.45) is 0 Å². The SMILES string of the molecule is CC(C)n1cc(C(=O)NCc2ccc3[nH]c(=O)[nH]c3c2)cn1. The molecule has 7 nitrogen and oxygen atoms in total. The second-order valence-electron chi connectivity index (χ2n) is 5.44. The van der Waals surface area contributed by atoms with Crippen LogP contribution >= 0.6 is 0 Å². The van der Waals surface area contributed by atoms with Gasteiger partial charge in [0.15, 0.2) is 0 Å². The molecule has 0 aliphatic heterocycles. The minimum absolute atomic E-state index is 0.172. The highest BCUT2D eigenvalue weighted by atomic mass is 16.2. The van der Waals surface area contributed by atoms with E-state index in [9.17, 15) is 9.59 Å². The molecule has 2 aromatic heterocycles. The number of H-pyrrole nitrogens is 2. The average molecular weight is 299 g/mol. The number of imidazole rings is 1. The summed E-state index contributed by atoms with van der Waals surface area (Å²) in [5.74, 6) is -0.172. The molecule has 0 saturated carbocycles. The molecule has 0 atom stereocenters. The van der Waals surface area contributed by atoms with Crippen molar-refractivity contribution in [2.45, 2.75) is 26.4 Å². The van der Waals surface area contributed by atoms with Crippen LogP contribution in [0.3, 0.4) is 0 Å². The number of aromatic nitrogens is 4. The molecule has 0 bridgehead atoms. The first-order valence-electron chi connectivity index (χ1n) is 7.06. The van der Waals surface area contributed by atoms with Crippen LogP contribution in [-0.4, -0.2) is 25.7 Å². The molecule has 0 saturated heterocycles. The quantitative estimate of drug-likeness (QED) is 0.682. The van der Waals surface area contributed by atoms with E-state index in [0.717, 1.165) is 16.6 Å². The lowest BCUT2D eigenvalue weighted by Gasteiger charge is -2.05. The van der Waals surface area contributed by atoms with E-state index in [0.29, 0.717) is 12.1 Å². The first-order valence-corrected chi connectivity index (χ1v) is 7.06. The Labute approximate surface area is 126 Å². The van der Waals surface area contributed by atoms with Gasteiger partial charge in [0.05, 0.1) is 22.8 Å². The molecule has 1 amide bonds. The van der Waals surface area contributed by atoms with E-state index < -0.39 is 0 Å². The standard InChI is InChI=1S/C15H17N5O2/c1-9(2)20-8-11(7-17-20)14(21)16-6-10-3-4-12-13(5-10)19-15(22)18-12/h3-5,7-9H,6H2,1-2H3,(H,16,21)(H2,18,19,22). The van der Waals surface area contributed by atoms with E-state index in [2.05, 4.69) is 20.4 Å². The lowest BCUT2D eigenvalue weighted by Crippen LogP contribution is -2.22. The van der Waals surface area contributed by atoms with Gasteiger partial charge in [-0.25, -0.2) is 4.79 Å². The Kier molecular flexibility index (Phi) is 3.54. The van der Waals surface area contributed by atoms with Gasteiger partial charge in [0.25, 0.3) is 5.91 Å². The number of nitrogens with zero attached hydrogens (tertiary/aromatic N) is 2. The minimum Gasteiger partial charge on any atom is -0.348 e. The van der Waals surface area contributed by atoms with Crippen LogP contribution in [0.4, 0.5) is 0 Å². The summed E-state index contributed by atoms with van der Waals surface area (Å²) in [6.07, 6.45) is 3.29. The fourth-order valence-corrected chi connectivity index (χ4v) is 2.21. The van der Waals surface area contributed by atoms with Gasteiger partial charge in [-0.05, 0) is 31.5 Å². The van der Waals surface area contributed by atoms with E-state index >= 15 is 0 Å². The van der Waals surface area contributed by atoms with Gasteiger partial charge >= 0.3 is 5.69 Å². The number of rotatable bonds is 4. The lowest BCUT2D eigenvalue weighted by molar-refractivity contribution is 0.0951. The summed E-state index contributed by atoms with van der Waals surface area (Å²) in [5, 5.41) is 6.99. The molecule has 3 rings (SSSR count). The van der Waals surface area contributed by atoms with Crippen LogP contribution in [0.15, 0.2) is 35.4 Å². The third kappa shape index (κ3) is 2.78. The highest BCUT2D eigenvalue weighted by molar-refractivity contribution is 5.93. The monoisotopic (exact) mass is 299 g/mol. The van der Waals surface area contributed by atoms with Crippen molar-refractivity contribution in [3.05, 3.63) is 52.2 Å². The molecule has 3 aromatic rings. The van der Waals surface area contributed by atoms with Gasteiger partial charge in [-0.2, -0.15) is 5.10 Å². The number of benzene rings is 1. The molecule has 0 radical (unpaired) electrons. The molecule has 0 unspecified atom stereocenters. The smallest absolute Gasteiger partial charge is 0.323 e. The highest BCUT2D eigenvalue weighted by Crippen LogP contribution is 2.10. The molecule has 7 heteroatoms. The second kappa shape index (κ2) is 5.51. The van der Waals surface area contributed by atoms with Crippen molar-refractivity contribution in [3.8, 4) is 0 Å². The summed E-state index contributed by atoms with van der Waals surface area (Å²) in [6.45, 7) is 4.39. The van der Waals surface area contributed by atoms with Crippen LogP contribution in [0.2, 0.25) is 0 Å². The van der Waals surface area contributed by atoms with Crippen molar-refractivity contribution >= 4 is 16.9 Å². The Morgan fingerprint density at radius 2 is 2.09 bits per heavy atom. The highest BCUT2D eigenvalue weighted by Gasteiger charge is 2.10. The number of hydrogen-bond donors (Lipinski definition) is 3. The minimum atomic E-state index is -0.239. The molecule has 22 heavy (non-hydrogen) atoms. The van der Waals surface area contributed by atoms with Crippen molar-refractivity contribution in [1.82, 2.24) is 25.1 Å². The Balaban J connectivity index is 1.69. The maximum atomic E-state index is 12.1. The Morgan fingerprint density at radius 3 is 2.82 bits per heavy atom. The number of carbonyl (C=O) groups excluding carboxylic acids is 1. The third-order valence-corrected chi connectivity index (χ3v) is 3.43. The number of hydrogen-bond acceptors (Lipinski definition) is 3. The summed E-state index contributed by atoms with van der Waals surface area (Å²) in [4.78, 5) is 28.7. The van der Waals surface area contributed by atoms with E-state index in [1.54, 1.807) is 17.1 Å². The number of nitrogens with one attached hydrogen (secondary N) is 3. The maximum Gasteiger partial charge on any atom is 0.323 e. The molecular weight excluding hydrogens is 282 g/mol. The lowest BCUT2D eigenvalue weighted by atomic mass is 10.2. The van der Waals surface area contributed by atoms with E-state index in [-0.39, 0.29) is 17.6 Å². The van der Waals surface area contributed by atoms with Crippen molar-refractivity contribution in [1.29, 1.82) is 0 Å². The van der Waals surface area contributed by atoms with Gasteiger partial charge < -0.3 is 15.3 Å². The zero-order valence-electron chi connectivity index (χ0n) is 12.4. The van der Waals surface area contributed by atoms with Crippen molar-refractivity contribution in [2.75, 3.05) is 0 Å². The van der Waals surface area contributed by atoms with Crippen LogP contribution in [0.25, 0.3) is 11.0 Å². The number of aromatic amines is 2. The number of amides is 1. The predicted octanol–water partition coefficient (Wildman–Crippen LogP) is 1.56. The summed E-state index contributed by atoms with van der Waals surface area (Å²) >= 11 is 0. The van der Waals surface area contributed by atoms with Gasteiger partial charge in [0, 0.05) is 18.8 Å². The van der Waals surface area contributed by atoms with Crippen LogP contribution in [0.5, 0.6) is 0 Å². The Morgan fingerprint density at radius 1 is 1.32 bits per heavy atom. The number of carbonyl (C=O) groups is 1. The molecule has 2 heterocycles. The fourth-order valence-electron chi connectivity index (χ4n) is 2.21. The normalized spacial score (nSPS) is 11.2. The molecule has 0 aliphatic rings. The first kappa shape index (κ1) is 14.1. The summed E-state index contributed by atoms with van der Waals surface area (Å²) in [5.41, 5.74) is 2.68. The zero-order chi connectivity index (χ0) is 15.7. The first-order chi connectivity index (χ1) is 10.5. The van der Waals surface area contributed by atoms with Crippen LogP contribution in [0, 0.1) is 0 Å². The molecule has 3 N–H and O–H groups in total. The molecule has 114 valence electrons. The second-order valence-corrected chi connectivity index (χ2v) is 5.44. The largest absolute Gasteiger partial charge is 0.348 e. The van der Waals surface area contributed by atoms with E-state index in [1.807, 2.05) is 32.0 Å². The zero-order valence-corrected chi connectivity index (χ0v) is 12.4. The van der Waals surface area contributed by atoms with Gasteiger partial charge in [0.1, 0.15) is 0 Å². The summed E-state index contributed by atoms with van der Waals surface area (Å²) in [7, 11) is 0. The Hall–Kier alpha value is -2.83. The summed E-state index contributed by atoms with van der Waals surface area (Å²) < 4.78 is 1.74. The topological polar surface area (TPSA) is 95.6 Å². The maximum absolute atomic E-state index is 12.1. The van der Waals surface area contributed by atoms with Gasteiger partial charge in [-0.1, -0.05) is 6.07 Å². The van der Waals surface area contributed by atoms with Crippen molar-refractivity contribution < 1.29 is 4.79 Å². The van der Waals surface area contributed by atoms with E-state index in [4.69, 9.17) is 0 Å². The molecule has 0 spiro atoms. The summed E-state index contributed by atoms with van der Waals surface area (Å²) in [6, 6.07) is 5.73. The number of fused-ring (bicyclic) bond motifs is 1. The van der Waals surface area contributed by atoms with Crippen LogP contribution in [-0.2, 0) is 6.54 Å². The molecular formula is C15H17N5O2.